The summed E-state index contributed by atoms with van der Waals surface area (Å²) in [7, 11) is 2.06. The normalized spacial score (nSPS) is 14.0. The van der Waals surface area contributed by atoms with Crippen molar-refractivity contribution in [1.82, 2.24) is 15.5 Å². The van der Waals surface area contributed by atoms with Crippen molar-refractivity contribution in [3.05, 3.63) is 0 Å². The SMILES string of the molecule is CC(C)N(C)CCCCNC(=O)NCC(C)(O)CC(=O)O. The Morgan fingerprint density at radius 2 is 1.86 bits per heavy atom. The Hall–Kier alpha value is -1.34. The highest BCUT2D eigenvalue weighted by Crippen LogP contribution is 2.07. The molecule has 7 nitrogen and oxygen atoms in total. The number of unbranched alkanes of at least 4 members (excludes halogenated alkanes) is 1. The fourth-order valence-electron chi connectivity index (χ4n) is 1.67. The number of rotatable bonds is 10. The first-order valence-corrected chi connectivity index (χ1v) is 7.30. The smallest absolute Gasteiger partial charge is 0.314 e. The molecule has 124 valence electrons. The molecule has 4 N–H and O–H groups in total. The zero-order chi connectivity index (χ0) is 16.5. The molecule has 0 fully saturated rings. The number of aliphatic carboxylic acids is 1. The van der Waals surface area contributed by atoms with Crippen LogP contribution in [0.5, 0.6) is 0 Å². The van der Waals surface area contributed by atoms with E-state index in [1.165, 1.54) is 6.92 Å². The van der Waals surface area contributed by atoms with Crippen molar-refractivity contribution in [2.45, 2.75) is 51.7 Å². The zero-order valence-corrected chi connectivity index (χ0v) is 13.5. The summed E-state index contributed by atoms with van der Waals surface area (Å²) in [6.07, 6.45) is 1.45. The van der Waals surface area contributed by atoms with E-state index in [1.54, 1.807) is 0 Å². The van der Waals surface area contributed by atoms with Gasteiger partial charge < -0.3 is 25.7 Å². The van der Waals surface area contributed by atoms with E-state index in [4.69, 9.17) is 5.11 Å². The van der Waals surface area contributed by atoms with Gasteiger partial charge in [0.25, 0.3) is 0 Å². The van der Waals surface area contributed by atoms with Crippen LogP contribution in [-0.4, -0.2) is 65.4 Å². The van der Waals surface area contributed by atoms with Crippen LogP contribution in [0.15, 0.2) is 0 Å². The molecule has 0 saturated heterocycles. The first-order valence-electron chi connectivity index (χ1n) is 7.30. The van der Waals surface area contributed by atoms with Crippen molar-refractivity contribution < 1.29 is 19.8 Å². The molecule has 0 aliphatic carbocycles. The summed E-state index contributed by atoms with van der Waals surface area (Å²) in [5.41, 5.74) is -1.44. The number of aliphatic hydroxyl groups is 1. The fourth-order valence-corrected chi connectivity index (χ4v) is 1.67. The van der Waals surface area contributed by atoms with Gasteiger partial charge in [-0.05, 0) is 47.2 Å². The summed E-state index contributed by atoms with van der Waals surface area (Å²) in [5.74, 6) is -1.10. The molecule has 0 heterocycles. The van der Waals surface area contributed by atoms with Gasteiger partial charge in [0.2, 0.25) is 0 Å². The summed E-state index contributed by atoms with van der Waals surface area (Å²) >= 11 is 0. The third-order valence-corrected chi connectivity index (χ3v) is 3.27. The second kappa shape index (κ2) is 9.57. The number of urea groups is 1. The van der Waals surface area contributed by atoms with Gasteiger partial charge in [0.1, 0.15) is 0 Å². The number of nitrogens with one attached hydrogen (secondary N) is 2. The third kappa shape index (κ3) is 11.0. The van der Waals surface area contributed by atoms with Crippen molar-refractivity contribution in [3.8, 4) is 0 Å². The molecule has 0 aromatic carbocycles. The van der Waals surface area contributed by atoms with Gasteiger partial charge in [0, 0.05) is 19.1 Å². The fraction of sp³-hybridized carbons (Fsp3) is 0.857. The molecule has 1 atom stereocenters. The maximum Gasteiger partial charge on any atom is 0.314 e. The number of carbonyl (C=O) groups is 2. The maximum absolute atomic E-state index is 11.5. The Kier molecular flexibility index (Phi) is 8.96. The van der Waals surface area contributed by atoms with Gasteiger partial charge in [-0.25, -0.2) is 4.79 Å². The molecule has 21 heavy (non-hydrogen) atoms. The lowest BCUT2D eigenvalue weighted by atomic mass is 10.0. The lowest BCUT2D eigenvalue weighted by Crippen LogP contribution is -2.46. The van der Waals surface area contributed by atoms with Crippen molar-refractivity contribution in [1.29, 1.82) is 0 Å². The topological polar surface area (TPSA) is 102 Å². The highest BCUT2D eigenvalue weighted by Gasteiger charge is 2.24. The molecule has 1 unspecified atom stereocenters. The first kappa shape index (κ1) is 19.7. The Morgan fingerprint density at radius 3 is 2.38 bits per heavy atom. The van der Waals surface area contributed by atoms with Crippen molar-refractivity contribution in [2.24, 2.45) is 0 Å². The number of carboxylic acid groups (broad SMARTS) is 1. The largest absolute Gasteiger partial charge is 0.481 e. The van der Waals surface area contributed by atoms with E-state index >= 15 is 0 Å². The van der Waals surface area contributed by atoms with Gasteiger partial charge in [0.15, 0.2) is 0 Å². The number of carboxylic acids is 1. The van der Waals surface area contributed by atoms with E-state index in [1.807, 2.05) is 0 Å². The quantitative estimate of drug-likeness (QED) is 0.443. The van der Waals surface area contributed by atoms with Gasteiger partial charge >= 0.3 is 12.0 Å². The number of hydrogen-bond donors (Lipinski definition) is 4. The van der Waals surface area contributed by atoms with Crippen molar-refractivity contribution in [3.63, 3.8) is 0 Å². The predicted octanol–water partition coefficient (Wildman–Crippen LogP) is 0.632. The average molecular weight is 303 g/mol. The number of carbonyl (C=O) groups excluding carboxylic acids is 1. The lowest BCUT2D eigenvalue weighted by Gasteiger charge is -2.22. The van der Waals surface area contributed by atoms with Crippen LogP contribution in [0.2, 0.25) is 0 Å². The standard InChI is InChI=1S/C14H29N3O4/c1-11(2)17(4)8-6-5-7-15-13(20)16-10-14(3,21)9-12(18)19/h11,21H,5-10H2,1-4H3,(H,18,19)(H2,15,16,20). The summed E-state index contributed by atoms with van der Waals surface area (Å²) < 4.78 is 0. The van der Waals surface area contributed by atoms with Gasteiger partial charge in [0.05, 0.1) is 12.0 Å². The molecule has 0 bridgehead atoms. The predicted molar refractivity (Wildman–Crippen MR) is 81.3 cm³/mol. The van der Waals surface area contributed by atoms with E-state index in [-0.39, 0.29) is 6.54 Å². The monoisotopic (exact) mass is 303 g/mol. The van der Waals surface area contributed by atoms with Crippen molar-refractivity contribution >= 4 is 12.0 Å². The van der Waals surface area contributed by atoms with Crippen LogP contribution in [0, 0.1) is 0 Å². The number of amides is 2. The minimum absolute atomic E-state index is 0.0960. The number of nitrogens with zero attached hydrogens (tertiary/aromatic N) is 1. The Morgan fingerprint density at radius 1 is 1.24 bits per heavy atom. The zero-order valence-electron chi connectivity index (χ0n) is 13.5. The third-order valence-electron chi connectivity index (χ3n) is 3.27. The Bertz CT molecular complexity index is 332. The van der Waals surface area contributed by atoms with Crippen molar-refractivity contribution in [2.75, 3.05) is 26.7 Å². The van der Waals surface area contributed by atoms with Gasteiger partial charge in [-0.3, -0.25) is 4.79 Å². The van der Waals surface area contributed by atoms with Crippen LogP contribution in [0.25, 0.3) is 0 Å². The highest BCUT2D eigenvalue weighted by molar-refractivity contribution is 5.74. The van der Waals surface area contributed by atoms with Crippen LogP contribution in [0.1, 0.15) is 40.0 Å². The van der Waals surface area contributed by atoms with Gasteiger partial charge in [-0.2, -0.15) is 0 Å². The summed E-state index contributed by atoms with van der Waals surface area (Å²) in [6.45, 7) is 7.08. The minimum Gasteiger partial charge on any atom is -0.481 e. The highest BCUT2D eigenvalue weighted by atomic mass is 16.4. The molecule has 0 aliphatic heterocycles. The van der Waals surface area contributed by atoms with Crippen LogP contribution in [0.4, 0.5) is 4.79 Å². The van der Waals surface area contributed by atoms with E-state index in [0.29, 0.717) is 12.6 Å². The summed E-state index contributed by atoms with van der Waals surface area (Å²) in [5, 5.41) is 23.5. The molecule has 0 aromatic rings. The molecule has 0 radical (unpaired) electrons. The van der Waals surface area contributed by atoms with Crippen LogP contribution in [-0.2, 0) is 4.79 Å². The first-order chi connectivity index (χ1) is 9.64. The Balaban J connectivity index is 3.70. The second-order valence-electron chi connectivity index (χ2n) is 5.96. The minimum atomic E-state index is -1.44. The van der Waals surface area contributed by atoms with Crippen LogP contribution in [0.3, 0.4) is 0 Å². The van der Waals surface area contributed by atoms with E-state index in [0.717, 1.165) is 19.4 Å². The molecular weight excluding hydrogens is 274 g/mol. The molecule has 0 saturated carbocycles. The van der Waals surface area contributed by atoms with E-state index in [9.17, 15) is 14.7 Å². The Labute approximate surface area is 126 Å². The van der Waals surface area contributed by atoms with Crippen LogP contribution >= 0.6 is 0 Å². The lowest BCUT2D eigenvalue weighted by molar-refractivity contribution is -0.141. The molecule has 0 spiro atoms. The summed E-state index contributed by atoms with van der Waals surface area (Å²) in [4.78, 5) is 24.2. The number of hydrogen-bond acceptors (Lipinski definition) is 4. The summed E-state index contributed by atoms with van der Waals surface area (Å²) in [6, 6.07) is 0.121. The molecule has 0 rings (SSSR count). The molecule has 0 aliphatic rings. The van der Waals surface area contributed by atoms with Crippen LogP contribution < -0.4 is 10.6 Å². The molecule has 2 amide bonds. The molecule has 0 aromatic heterocycles. The molecule has 7 heteroatoms. The van der Waals surface area contributed by atoms with E-state index in [2.05, 4.69) is 36.4 Å². The second-order valence-corrected chi connectivity index (χ2v) is 5.96. The molecular formula is C14H29N3O4. The van der Waals surface area contributed by atoms with Gasteiger partial charge in [-0.15, -0.1) is 0 Å². The van der Waals surface area contributed by atoms with E-state index < -0.39 is 24.0 Å². The van der Waals surface area contributed by atoms with Gasteiger partial charge in [-0.1, -0.05) is 0 Å². The maximum atomic E-state index is 11.5. The average Bonchev–Trinajstić information content (AvgIpc) is 2.34.